The number of phenolic OH excluding ortho intramolecular Hbond substituents is 1. The first-order chi connectivity index (χ1) is 15.5. The molecule has 0 saturated heterocycles. The summed E-state index contributed by atoms with van der Waals surface area (Å²) in [5.74, 6) is 2.10. The van der Waals surface area contributed by atoms with Gasteiger partial charge in [-0.15, -0.1) is 0 Å². The lowest BCUT2D eigenvalue weighted by Gasteiger charge is -2.30. The van der Waals surface area contributed by atoms with E-state index in [-0.39, 0.29) is 17.7 Å². The average Bonchev–Trinajstić information content (AvgIpc) is 2.79. The van der Waals surface area contributed by atoms with Crippen molar-refractivity contribution in [3.63, 3.8) is 0 Å². The molecule has 1 aromatic heterocycles. The van der Waals surface area contributed by atoms with Crippen molar-refractivity contribution in [3.05, 3.63) is 41.1 Å². The minimum absolute atomic E-state index is 0.0540. The van der Waals surface area contributed by atoms with Crippen molar-refractivity contribution >= 4 is 17.7 Å². The van der Waals surface area contributed by atoms with Crippen LogP contribution in [0.2, 0.25) is 0 Å². The maximum Gasteiger partial charge on any atom is 0.225 e. The Morgan fingerprint density at radius 1 is 1.06 bits per heavy atom. The number of carbonyl (C=O) groups is 1. The Morgan fingerprint density at radius 2 is 1.78 bits per heavy atom. The number of hydrogen-bond donors (Lipinski definition) is 3. The van der Waals surface area contributed by atoms with E-state index in [4.69, 9.17) is 9.97 Å². The lowest BCUT2D eigenvalue weighted by atomic mass is 9.91. The number of aromatic nitrogens is 2. The predicted molar refractivity (Wildman–Crippen MR) is 127 cm³/mol. The fourth-order valence-electron chi connectivity index (χ4n) is 4.84. The molecule has 1 heterocycles. The van der Waals surface area contributed by atoms with Crippen LogP contribution in [0, 0.1) is 0 Å². The standard InChI is InChI=1S/C25H35N5O2/c1-30(2)24-20-8-4-5-9-21(20)28-25(29-24)27-19-14-12-18(13-15-19)26-23(32)16-11-17-7-3-6-10-22(17)31/h3,6-7,10,18-19,31H,4-5,8-9,11-16H2,1-2H3,(H,26,32)(H,27,28,29)/t18-,19+. The smallest absolute Gasteiger partial charge is 0.225 e. The molecule has 0 spiro atoms. The van der Waals surface area contributed by atoms with Gasteiger partial charge in [-0.1, -0.05) is 18.2 Å². The summed E-state index contributed by atoms with van der Waals surface area (Å²) in [6.07, 6.45) is 9.34. The molecular weight excluding hydrogens is 402 g/mol. The van der Waals surface area contributed by atoms with E-state index >= 15 is 0 Å². The van der Waals surface area contributed by atoms with Gasteiger partial charge in [-0.05, 0) is 69.4 Å². The summed E-state index contributed by atoms with van der Waals surface area (Å²) in [7, 11) is 4.10. The minimum atomic E-state index is 0.0540. The number of nitrogens with zero attached hydrogens (tertiary/aromatic N) is 3. The highest BCUT2D eigenvalue weighted by atomic mass is 16.3. The largest absolute Gasteiger partial charge is 0.508 e. The molecule has 3 N–H and O–H groups in total. The summed E-state index contributed by atoms with van der Waals surface area (Å²) in [4.78, 5) is 24.1. The fraction of sp³-hybridized carbons (Fsp3) is 0.560. The molecule has 2 aromatic rings. The monoisotopic (exact) mass is 437 g/mol. The Morgan fingerprint density at radius 3 is 2.53 bits per heavy atom. The summed E-state index contributed by atoms with van der Waals surface area (Å²) in [6.45, 7) is 0. The van der Waals surface area contributed by atoms with Gasteiger partial charge in [-0.2, -0.15) is 4.98 Å². The molecule has 7 heteroatoms. The van der Waals surface area contributed by atoms with E-state index in [0.29, 0.717) is 18.9 Å². The predicted octanol–water partition coefficient (Wildman–Crippen LogP) is 3.60. The summed E-state index contributed by atoms with van der Waals surface area (Å²) < 4.78 is 0. The molecule has 1 saturated carbocycles. The molecule has 1 aromatic carbocycles. The van der Waals surface area contributed by atoms with E-state index in [9.17, 15) is 9.90 Å². The van der Waals surface area contributed by atoms with Crippen LogP contribution in [0.4, 0.5) is 11.8 Å². The van der Waals surface area contributed by atoms with Gasteiger partial charge in [0.2, 0.25) is 11.9 Å². The Hall–Kier alpha value is -2.83. The minimum Gasteiger partial charge on any atom is -0.508 e. The topological polar surface area (TPSA) is 90.4 Å². The SMILES string of the molecule is CN(C)c1nc(N[C@H]2CC[C@@H](NC(=O)CCc3ccccc3O)CC2)nc2c1CCCC2. The number of hydrogen-bond acceptors (Lipinski definition) is 6. The van der Waals surface area contributed by atoms with E-state index in [1.54, 1.807) is 12.1 Å². The zero-order chi connectivity index (χ0) is 22.5. The molecule has 0 atom stereocenters. The molecule has 2 aliphatic rings. The summed E-state index contributed by atoms with van der Waals surface area (Å²) in [5, 5.41) is 16.6. The van der Waals surface area contributed by atoms with Gasteiger partial charge in [0, 0.05) is 38.2 Å². The van der Waals surface area contributed by atoms with Crippen LogP contribution in [0.1, 0.15) is 61.8 Å². The van der Waals surface area contributed by atoms with Crippen LogP contribution in [-0.4, -0.2) is 47.2 Å². The summed E-state index contributed by atoms with van der Waals surface area (Å²) in [6, 6.07) is 7.75. The number of benzene rings is 1. The molecule has 0 bridgehead atoms. The number of phenols is 1. The van der Waals surface area contributed by atoms with Crippen LogP contribution in [0.15, 0.2) is 24.3 Å². The fourth-order valence-corrected chi connectivity index (χ4v) is 4.84. The average molecular weight is 438 g/mol. The van der Waals surface area contributed by atoms with Crippen LogP contribution in [0.5, 0.6) is 5.75 Å². The Labute approximate surface area is 190 Å². The number of amides is 1. The van der Waals surface area contributed by atoms with Crippen LogP contribution in [0.25, 0.3) is 0 Å². The van der Waals surface area contributed by atoms with Crippen LogP contribution < -0.4 is 15.5 Å². The molecule has 32 heavy (non-hydrogen) atoms. The van der Waals surface area contributed by atoms with Gasteiger partial charge < -0.3 is 20.6 Å². The van der Waals surface area contributed by atoms with Crippen molar-refractivity contribution in [2.45, 2.75) is 76.3 Å². The number of aryl methyl sites for hydroxylation is 2. The van der Waals surface area contributed by atoms with Crippen molar-refractivity contribution in [1.29, 1.82) is 0 Å². The zero-order valence-electron chi connectivity index (χ0n) is 19.2. The number of carbonyl (C=O) groups excluding carboxylic acids is 1. The number of para-hydroxylation sites is 1. The summed E-state index contributed by atoms with van der Waals surface area (Å²) >= 11 is 0. The highest BCUT2D eigenvalue weighted by Gasteiger charge is 2.24. The van der Waals surface area contributed by atoms with Gasteiger partial charge in [0.1, 0.15) is 11.6 Å². The van der Waals surface area contributed by atoms with Gasteiger partial charge in [0.15, 0.2) is 0 Å². The molecular formula is C25H35N5O2. The molecule has 7 nitrogen and oxygen atoms in total. The van der Waals surface area contributed by atoms with Crippen molar-refractivity contribution in [3.8, 4) is 5.75 Å². The van der Waals surface area contributed by atoms with Crippen LogP contribution in [0.3, 0.4) is 0 Å². The zero-order valence-corrected chi connectivity index (χ0v) is 19.2. The molecule has 1 amide bonds. The van der Waals surface area contributed by atoms with Gasteiger partial charge in [-0.3, -0.25) is 4.79 Å². The number of aromatic hydroxyl groups is 1. The number of nitrogens with one attached hydrogen (secondary N) is 2. The molecule has 2 aliphatic carbocycles. The molecule has 0 unspecified atom stereocenters. The van der Waals surface area contributed by atoms with Crippen molar-refractivity contribution in [1.82, 2.24) is 15.3 Å². The number of rotatable bonds is 7. The van der Waals surface area contributed by atoms with E-state index in [2.05, 4.69) is 15.5 Å². The van der Waals surface area contributed by atoms with E-state index in [1.165, 1.54) is 24.1 Å². The molecule has 0 radical (unpaired) electrons. The maximum absolute atomic E-state index is 12.4. The molecule has 172 valence electrons. The second kappa shape index (κ2) is 10.2. The first-order valence-corrected chi connectivity index (χ1v) is 11.9. The molecule has 0 aliphatic heterocycles. The molecule has 4 rings (SSSR count). The van der Waals surface area contributed by atoms with E-state index in [0.717, 1.165) is 55.9 Å². The van der Waals surface area contributed by atoms with Gasteiger partial charge in [0.25, 0.3) is 0 Å². The van der Waals surface area contributed by atoms with Crippen molar-refractivity contribution in [2.24, 2.45) is 0 Å². The first kappa shape index (κ1) is 22.4. The third-order valence-corrected chi connectivity index (χ3v) is 6.62. The van der Waals surface area contributed by atoms with Gasteiger partial charge in [-0.25, -0.2) is 4.98 Å². The van der Waals surface area contributed by atoms with Gasteiger partial charge in [0.05, 0.1) is 5.69 Å². The lowest BCUT2D eigenvalue weighted by Crippen LogP contribution is -2.40. The number of fused-ring (bicyclic) bond motifs is 1. The second-order valence-electron chi connectivity index (χ2n) is 9.29. The Kier molecular flexibility index (Phi) is 7.12. The normalized spacial score (nSPS) is 20.3. The highest BCUT2D eigenvalue weighted by molar-refractivity contribution is 5.76. The van der Waals surface area contributed by atoms with Crippen LogP contribution >= 0.6 is 0 Å². The van der Waals surface area contributed by atoms with E-state index in [1.807, 2.05) is 26.2 Å². The van der Waals surface area contributed by atoms with E-state index < -0.39 is 0 Å². The number of anilines is 2. The van der Waals surface area contributed by atoms with Crippen molar-refractivity contribution in [2.75, 3.05) is 24.3 Å². The van der Waals surface area contributed by atoms with Crippen LogP contribution in [-0.2, 0) is 24.1 Å². The lowest BCUT2D eigenvalue weighted by molar-refractivity contribution is -0.122. The maximum atomic E-state index is 12.4. The quantitative estimate of drug-likeness (QED) is 0.613. The molecule has 1 fully saturated rings. The van der Waals surface area contributed by atoms with Gasteiger partial charge >= 0.3 is 0 Å². The first-order valence-electron chi connectivity index (χ1n) is 11.9. The third-order valence-electron chi connectivity index (χ3n) is 6.62. The van der Waals surface area contributed by atoms with Crippen molar-refractivity contribution < 1.29 is 9.90 Å². The summed E-state index contributed by atoms with van der Waals surface area (Å²) in [5.41, 5.74) is 3.32. The Balaban J connectivity index is 1.26. The highest BCUT2D eigenvalue weighted by Crippen LogP contribution is 2.29. The second-order valence-corrected chi connectivity index (χ2v) is 9.29. The Bertz CT molecular complexity index is 938. The third kappa shape index (κ3) is 5.50.